The Balaban J connectivity index is 2.66. The van der Waals surface area contributed by atoms with Crippen LogP contribution in [0.15, 0.2) is 46.2 Å². The molecule has 0 saturated carbocycles. The van der Waals surface area contributed by atoms with E-state index in [2.05, 4.69) is 17.7 Å². The lowest BCUT2D eigenvalue weighted by Gasteiger charge is -2.04. The molecule has 76 valence electrons. The number of halogens is 1. The van der Waals surface area contributed by atoms with Gasteiger partial charge in [0.05, 0.1) is 11.9 Å². The van der Waals surface area contributed by atoms with Gasteiger partial charge in [-0.15, -0.1) is 12.6 Å². The van der Waals surface area contributed by atoms with E-state index in [0.717, 1.165) is 0 Å². The average molecular weight is 239 g/mol. The van der Waals surface area contributed by atoms with Crippen LogP contribution in [-0.2, 0) is 0 Å². The van der Waals surface area contributed by atoms with Gasteiger partial charge in [-0.25, -0.2) is 0 Å². The third kappa shape index (κ3) is 1.91. The molecule has 0 amide bonds. The first-order valence-corrected chi connectivity index (χ1v) is 5.05. The molecule has 0 aliphatic carbocycles. The molecule has 0 bridgehead atoms. The highest BCUT2D eigenvalue weighted by Crippen LogP contribution is 2.14. The van der Waals surface area contributed by atoms with Gasteiger partial charge in [-0.05, 0) is 12.1 Å². The minimum Gasteiger partial charge on any atom is -0.266 e. The van der Waals surface area contributed by atoms with Crippen LogP contribution in [0.5, 0.6) is 0 Å². The van der Waals surface area contributed by atoms with Crippen molar-refractivity contribution < 1.29 is 0 Å². The number of aromatic nitrogens is 2. The van der Waals surface area contributed by atoms with E-state index in [1.165, 1.54) is 10.9 Å². The molecule has 15 heavy (non-hydrogen) atoms. The van der Waals surface area contributed by atoms with E-state index in [1.54, 1.807) is 12.1 Å². The van der Waals surface area contributed by atoms with Crippen LogP contribution in [0.4, 0.5) is 0 Å². The molecule has 2 aromatic rings. The molecule has 1 aromatic carbocycles. The zero-order valence-corrected chi connectivity index (χ0v) is 9.24. The van der Waals surface area contributed by atoms with E-state index in [9.17, 15) is 4.79 Å². The quantitative estimate of drug-likeness (QED) is 0.773. The van der Waals surface area contributed by atoms with Crippen molar-refractivity contribution in [2.75, 3.05) is 0 Å². The summed E-state index contributed by atoms with van der Waals surface area (Å²) in [5.41, 5.74) is 0.313. The number of nitrogens with zero attached hydrogens (tertiary/aromatic N) is 2. The molecule has 0 radical (unpaired) electrons. The van der Waals surface area contributed by atoms with Gasteiger partial charge < -0.3 is 0 Å². The summed E-state index contributed by atoms with van der Waals surface area (Å²) in [6, 6.07) is 9.08. The van der Waals surface area contributed by atoms with Gasteiger partial charge in [-0.3, -0.25) is 4.79 Å². The van der Waals surface area contributed by atoms with Gasteiger partial charge in [0.15, 0.2) is 0 Å². The average Bonchev–Trinajstić information content (AvgIpc) is 2.27. The molecule has 0 fully saturated rings. The van der Waals surface area contributed by atoms with Crippen LogP contribution in [0.2, 0.25) is 5.02 Å². The maximum atomic E-state index is 11.7. The molecule has 0 saturated heterocycles. The number of rotatable bonds is 1. The first kappa shape index (κ1) is 10.3. The number of hydrogen-bond acceptors (Lipinski definition) is 3. The Bertz CT molecular complexity index is 539. The Hall–Kier alpha value is -1.26. The molecular weight excluding hydrogens is 232 g/mol. The lowest BCUT2D eigenvalue weighted by Crippen LogP contribution is -2.21. The minimum atomic E-state index is -0.365. The maximum absolute atomic E-state index is 11.7. The van der Waals surface area contributed by atoms with Crippen molar-refractivity contribution in [2.45, 2.75) is 4.90 Å². The molecular formula is C10H7ClN2OS. The molecule has 0 N–H and O–H groups in total. The third-order valence-electron chi connectivity index (χ3n) is 1.90. The lowest BCUT2D eigenvalue weighted by molar-refractivity contribution is 0.792. The topological polar surface area (TPSA) is 34.9 Å². The van der Waals surface area contributed by atoms with Gasteiger partial charge >= 0.3 is 0 Å². The van der Waals surface area contributed by atoms with Crippen molar-refractivity contribution in [1.29, 1.82) is 0 Å². The number of para-hydroxylation sites is 1. The molecule has 5 heteroatoms. The van der Waals surface area contributed by atoms with E-state index < -0.39 is 0 Å². The van der Waals surface area contributed by atoms with Gasteiger partial charge in [0.25, 0.3) is 5.56 Å². The number of thiol groups is 1. The second-order valence-corrected chi connectivity index (χ2v) is 3.76. The minimum absolute atomic E-state index is 0.0807. The van der Waals surface area contributed by atoms with Crippen LogP contribution in [-0.4, -0.2) is 9.78 Å². The molecule has 0 spiro atoms. The zero-order valence-electron chi connectivity index (χ0n) is 7.59. The van der Waals surface area contributed by atoms with Gasteiger partial charge in [0.2, 0.25) is 0 Å². The molecule has 0 aliphatic heterocycles. The van der Waals surface area contributed by atoms with Gasteiger partial charge in [0.1, 0.15) is 5.02 Å². The van der Waals surface area contributed by atoms with E-state index >= 15 is 0 Å². The summed E-state index contributed by atoms with van der Waals surface area (Å²) < 4.78 is 1.24. The fourth-order valence-electron chi connectivity index (χ4n) is 1.18. The Morgan fingerprint density at radius 3 is 2.60 bits per heavy atom. The summed E-state index contributed by atoms with van der Waals surface area (Å²) >= 11 is 9.80. The second kappa shape index (κ2) is 4.08. The summed E-state index contributed by atoms with van der Waals surface area (Å²) in [5.74, 6) is 0. The summed E-state index contributed by atoms with van der Waals surface area (Å²) in [4.78, 5) is 12.1. The van der Waals surface area contributed by atoms with Crippen molar-refractivity contribution >= 4 is 24.2 Å². The van der Waals surface area contributed by atoms with E-state index in [0.29, 0.717) is 10.6 Å². The predicted molar refractivity (Wildman–Crippen MR) is 62.1 cm³/mol. The van der Waals surface area contributed by atoms with Crippen LogP contribution in [0.3, 0.4) is 0 Å². The Kier molecular flexibility index (Phi) is 2.79. The molecule has 0 atom stereocenters. The Morgan fingerprint density at radius 1 is 1.27 bits per heavy atom. The summed E-state index contributed by atoms with van der Waals surface area (Å²) in [6.45, 7) is 0. The first-order valence-electron chi connectivity index (χ1n) is 4.22. The van der Waals surface area contributed by atoms with Crippen molar-refractivity contribution in [3.63, 3.8) is 0 Å². The summed E-state index contributed by atoms with van der Waals surface area (Å²) in [5, 5.41) is 4.03. The van der Waals surface area contributed by atoms with Crippen LogP contribution in [0.25, 0.3) is 5.69 Å². The fraction of sp³-hybridized carbons (Fsp3) is 0. The van der Waals surface area contributed by atoms with Gasteiger partial charge in [0, 0.05) is 4.90 Å². The van der Waals surface area contributed by atoms with Crippen LogP contribution in [0.1, 0.15) is 0 Å². The number of benzene rings is 1. The second-order valence-electron chi connectivity index (χ2n) is 2.90. The van der Waals surface area contributed by atoms with E-state index in [4.69, 9.17) is 11.6 Å². The highest BCUT2D eigenvalue weighted by atomic mass is 35.5. The predicted octanol–water partition coefficient (Wildman–Crippen LogP) is 2.17. The molecule has 2 rings (SSSR count). The fourth-order valence-corrected chi connectivity index (χ4v) is 1.45. The molecule has 1 heterocycles. The standard InChI is InChI=1S/C10H7ClN2OS/c11-9-8(15)6-12-13(10(9)14)7-4-2-1-3-5-7/h1-6,15H. The van der Waals surface area contributed by atoms with E-state index in [-0.39, 0.29) is 10.6 Å². The highest BCUT2D eigenvalue weighted by molar-refractivity contribution is 7.80. The normalized spacial score (nSPS) is 10.3. The van der Waals surface area contributed by atoms with Crippen molar-refractivity contribution in [2.24, 2.45) is 0 Å². The highest BCUT2D eigenvalue weighted by Gasteiger charge is 2.07. The first-order chi connectivity index (χ1) is 7.20. The smallest absolute Gasteiger partial charge is 0.266 e. The van der Waals surface area contributed by atoms with Crippen molar-refractivity contribution in [3.05, 3.63) is 51.9 Å². The molecule has 3 nitrogen and oxygen atoms in total. The van der Waals surface area contributed by atoms with Crippen molar-refractivity contribution in [3.8, 4) is 5.69 Å². The number of hydrogen-bond donors (Lipinski definition) is 1. The molecule has 0 aliphatic rings. The van der Waals surface area contributed by atoms with E-state index in [1.807, 2.05) is 18.2 Å². The third-order valence-corrected chi connectivity index (χ3v) is 2.74. The largest absolute Gasteiger partial charge is 0.291 e. The van der Waals surface area contributed by atoms with Crippen LogP contribution < -0.4 is 5.56 Å². The van der Waals surface area contributed by atoms with Crippen molar-refractivity contribution in [1.82, 2.24) is 9.78 Å². The Morgan fingerprint density at radius 2 is 1.93 bits per heavy atom. The van der Waals surface area contributed by atoms with Gasteiger partial charge in [-0.1, -0.05) is 29.8 Å². The maximum Gasteiger partial charge on any atom is 0.291 e. The van der Waals surface area contributed by atoms with Crippen LogP contribution in [0, 0.1) is 0 Å². The SMILES string of the molecule is O=c1c(Cl)c(S)cnn1-c1ccccc1. The molecule has 0 unspecified atom stereocenters. The Labute approximate surface area is 96.7 Å². The summed E-state index contributed by atoms with van der Waals surface area (Å²) in [7, 11) is 0. The monoisotopic (exact) mass is 238 g/mol. The summed E-state index contributed by atoms with van der Waals surface area (Å²) in [6.07, 6.45) is 1.44. The van der Waals surface area contributed by atoms with Crippen LogP contribution >= 0.6 is 24.2 Å². The molecule has 1 aromatic heterocycles. The zero-order chi connectivity index (χ0) is 10.8. The lowest BCUT2D eigenvalue weighted by atomic mass is 10.3. The van der Waals surface area contributed by atoms with Gasteiger partial charge in [-0.2, -0.15) is 9.78 Å².